The Bertz CT molecular complexity index is 1060. The van der Waals surface area contributed by atoms with Gasteiger partial charge >= 0.3 is 0 Å². The molecule has 0 saturated carbocycles. The first-order valence-corrected chi connectivity index (χ1v) is 13.2. The monoisotopic (exact) mass is 469 g/mol. The molecule has 3 nitrogen and oxygen atoms in total. The highest BCUT2D eigenvalue weighted by molar-refractivity contribution is 5.87. The second-order valence-corrected chi connectivity index (χ2v) is 9.53. The quantitative estimate of drug-likeness (QED) is 0.256. The first kappa shape index (κ1) is 26.7. The Morgan fingerprint density at radius 1 is 1.03 bits per heavy atom. The van der Waals surface area contributed by atoms with Crippen LogP contribution in [-0.4, -0.2) is 24.3 Å². The molecule has 0 aromatic heterocycles. The van der Waals surface area contributed by atoms with E-state index < -0.39 is 0 Å². The van der Waals surface area contributed by atoms with Crippen LogP contribution in [0.2, 0.25) is 0 Å². The van der Waals surface area contributed by atoms with Crippen LogP contribution in [0, 0.1) is 12.8 Å². The van der Waals surface area contributed by atoms with Crippen LogP contribution in [0.3, 0.4) is 0 Å². The second kappa shape index (κ2) is 12.7. The third kappa shape index (κ3) is 6.61. The number of piperidine rings is 1. The van der Waals surface area contributed by atoms with E-state index in [1.54, 1.807) is 0 Å². The highest BCUT2D eigenvalue weighted by Crippen LogP contribution is 2.35. The van der Waals surface area contributed by atoms with Crippen LogP contribution in [0.25, 0.3) is 0 Å². The fraction of sp³-hybridized carbons (Fsp3) is 0.406. The van der Waals surface area contributed by atoms with Crippen LogP contribution in [0.1, 0.15) is 63.6 Å². The van der Waals surface area contributed by atoms with Gasteiger partial charge in [-0.15, -0.1) is 0 Å². The Labute approximate surface area is 213 Å². The van der Waals surface area contributed by atoms with E-state index >= 15 is 0 Å². The minimum Gasteiger partial charge on any atom is -0.274 e. The molecule has 1 aliphatic rings. The summed E-state index contributed by atoms with van der Waals surface area (Å²) < 4.78 is 0. The summed E-state index contributed by atoms with van der Waals surface area (Å²) in [5.74, 6) is 0.838. The fourth-order valence-corrected chi connectivity index (χ4v) is 4.85. The van der Waals surface area contributed by atoms with Gasteiger partial charge in [-0.05, 0) is 104 Å². The van der Waals surface area contributed by atoms with E-state index in [9.17, 15) is 0 Å². The van der Waals surface area contributed by atoms with E-state index in [0.29, 0.717) is 0 Å². The summed E-state index contributed by atoms with van der Waals surface area (Å²) >= 11 is 0. The molecule has 1 heterocycles. The second-order valence-electron chi connectivity index (χ2n) is 9.53. The Balaban J connectivity index is 1.99. The standard InChI is InChI=1S/C32H43N3/c1-8-26-15-17-34(18-16-26)35(31-21-27(9-2)20-28(10-3)22-31)30-13-14-32(24(6)19-30)33-23-25(7)29(11-4)12-5/h11-14,19-23,26H,4,7-10,15-18H2,1-3,5-6H3/b29-12+,33-23-. The van der Waals surface area contributed by atoms with Crippen molar-refractivity contribution in [2.75, 3.05) is 18.1 Å². The number of nitrogens with zero attached hydrogens (tertiary/aromatic N) is 3. The lowest BCUT2D eigenvalue weighted by Crippen LogP contribution is -2.44. The molecule has 2 aromatic carbocycles. The number of rotatable bonds is 10. The molecule has 0 bridgehead atoms. The average molecular weight is 470 g/mol. The SMILES string of the molecule is C=C/C(=C\C)C(=C)/C=N\c1ccc(N(c2cc(CC)cc(CC)c2)N2CCC(CC)CC2)cc1C. The Hall–Kier alpha value is -2.91. The van der Waals surface area contributed by atoms with Crippen LogP contribution < -0.4 is 5.01 Å². The highest BCUT2D eigenvalue weighted by atomic mass is 15.6. The number of anilines is 2. The molecular formula is C32H43N3. The molecule has 1 aliphatic heterocycles. The van der Waals surface area contributed by atoms with Gasteiger partial charge in [-0.2, -0.15) is 0 Å². The van der Waals surface area contributed by atoms with Crippen LogP contribution in [-0.2, 0) is 12.8 Å². The average Bonchev–Trinajstić information content (AvgIpc) is 2.89. The molecule has 0 spiro atoms. The molecule has 0 amide bonds. The maximum Gasteiger partial charge on any atom is 0.0660 e. The van der Waals surface area contributed by atoms with Gasteiger partial charge in [-0.3, -0.25) is 10.0 Å². The zero-order chi connectivity index (χ0) is 25.4. The molecule has 0 N–H and O–H groups in total. The van der Waals surface area contributed by atoms with Gasteiger partial charge in [-0.25, -0.2) is 5.01 Å². The zero-order valence-corrected chi connectivity index (χ0v) is 22.5. The predicted molar refractivity (Wildman–Crippen MR) is 154 cm³/mol. The lowest BCUT2D eigenvalue weighted by atomic mass is 9.95. The van der Waals surface area contributed by atoms with Gasteiger partial charge in [0.2, 0.25) is 0 Å². The first-order chi connectivity index (χ1) is 16.9. The first-order valence-electron chi connectivity index (χ1n) is 13.2. The molecule has 3 rings (SSSR count). The highest BCUT2D eigenvalue weighted by Gasteiger charge is 2.25. The topological polar surface area (TPSA) is 18.8 Å². The molecule has 0 atom stereocenters. The smallest absolute Gasteiger partial charge is 0.0660 e. The lowest BCUT2D eigenvalue weighted by Gasteiger charge is -2.41. The third-order valence-corrected chi connectivity index (χ3v) is 7.24. The van der Waals surface area contributed by atoms with Gasteiger partial charge in [-0.1, -0.05) is 58.6 Å². The number of benzene rings is 2. The normalized spacial score (nSPS) is 15.5. The van der Waals surface area contributed by atoms with Crippen molar-refractivity contribution in [3.63, 3.8) is 0 Å². The fourth-order valence-electron chi connectivity index (χ4n) is 4.85. The van der Waals surface area contributed by atoms with Crippen molar-refractivity contribution in [1.82, 2.24) is 5.01 Å². The van der Waals surface area contributed by atoms with Crippen molar-refractivity contribution in [3.05, 3.63) is 89.5 Å². The largest absolute Gasteiger partial charge is 0.274 e. The number of hydrazine groups is 1. The molecule has 0 unspecified atom stereocenters. The maximum atomic E-state index is 4.74. The molecule has 0 aliphatic carbocycles. The van der Waals surface area contributed by atoms with Crippen LogP contribution in [0.4, 0.5) is 17.1 Å². The van der Waals surface area contributed by atoms with Crippen LogP contribution in [0.5, 0.6) is 0 Å². The molecule has 186 valence electrons. The number of hydrogen-bond acceptors (Lipinski definition) is 3. The van der Waals surface area contributed by atoms with Gasteiger partial charge in [0.05, 0.1) is 17.1 Å². The van der Waals surface area contributed by atoms with Gasteiger partial charge < -0.3 is 0 Å². The summed E-state index contributed by atoms with van der Waals surface area (Å²) in [6.45, 7) is 21.1. The maximum absolute atomic E-state index is 4.74. The van der Waals surface area contributed by atoms with E-state index in [1.165, 1.54) is 41.8 Å². The Morgan fingerprint density at radius 2 is 1.69 bits per heavy atom. The van der Waals surface area contributed by atoms with Crippen molar-refractivity contribution in [2.24, 2.45) is 10.9 Å². The van der Waals surface area contributed by atoms with E-state index in [4.69, 9.17) is 4.99 Å². The van der Waals surface area contributed by atoms with E-state index in [0.717, 1.165) is 54.2 Å². The molecule has 2 aromatic rings. The van der Waals surface area contributed by atoms with Crippen molar-refractivity contribution >= 4 is 23.3 Å². The zero-order valence-electron chi connectivity index (χ0n) is 22.5. The van der Waals surface area contributed by atoms with E-state index in [1.807, 2.05) is 25.3 Å². The number of aryl methyl sites for hydroxylation is 3. The summed E-state index contributed by atoms with van der Waals surface area (Å²) in [5, 5.41) is 5.00. The molecule has 1 fully saturated rings. The summed E-state index contributed by atoms with van der Waals surface area (Å²) in [6.07, 6.45) is 11.5. The van der Waals surface area contributed by atoms with Crippen molar-refractivity contribution in [2.45, 2.75) is 66.7 Å². The van der Waals surface area contributed by atoms with E-state index in [2.05, 4.69) is 87.3 Å². The van der Waals surface area contributed by atoms with Crippen molar-refractivity contribution in [3.8, 4) is 0 Å². The number of hydrogen-bond donors (Lipinski definition) is 0. The molecular weight excluding hydrogens is 426 g/mol. The van der Waals surface area contributed by atoms with Gasteiger partial charge in [0.25, 0.3) is 0 Å². The summed E-state index contributed by atoms with van der Waals surface area (Å²) in [6, 6.07) is 13.7. The third-order valence-electron chi connectivity index (χ3n) is 7.24. The lowest BCUT2D eigenvalue weighted by molar-refractivity contribution is 0.183. The Kier molecular flexibility index (Phi) is 9.68. The summed E-state index contributed by atoms with van der Waals surface area (Å²) in [7, 11) is 0. The van der Waals surface area contributed by atoms with E-state index in [-0.39, 0.29) is 0 Å². The van der Waals surface area contributed by atoms with Gasteiger partial charge in [0.15, 0.2) is 0 Å². The number of aliphatic imine (C=N–C) groups is 1. The molecule has 0 radical (unpaired) electrons. The van der Waals surface area contributed by atoms with Gasteiger partial charge in [0, 0.05) is 19.3 Å². The van der Waals surface area contributed by atoms with Crippen molar-refractivity contribution < 1.29 is 0 Å². The Morgan fingerprint density at radius 3 is 2.20 bits per heavy atom. The van der Waals surface area contributed by atoms with Crippen molar-refractivity contribution in [1.29, 1.82) is 0 Å². The van der Waals surface area contributed by atoms with Crippen LogP contribution >= 0.6 is 0 Å². The molecule has 1 saturated heterocycles. The minimum absolute atomic E-state index is 0.838. The van der Waals surface area contributed by atoms with Gasteiger partial charge in [0.1, 0.15) is 0 Å². The molecule has 35 heavy (non-hydrogen) atoms. The number of allylic oxidation sites excluding steroid dienone is 4. The van der Waals surface area contributed by atoms with Crippen LogP contribution in [0.15, 0.2) is 77.8 Å². The summed E-state index contributed by atoms with van der Waals surface area (Å²) in [5.41, 5.74) is 9.26. The molecule has 3 heteroatoms. The minimum atomic E-state index is 0.838. The summed E-state index contributed by atoms with van der Waals surface area (Å²) in [4.78, 5) is 4.74. The predicted octanol–water partition coefficient (Wildman–Crippen LogP) is 8.69.